The quantitative estimate of drug-likeness (QED) is 0.429. The van der Waals surface area contributed by atoms with Gasteiger partial charge in [-0.25, -0.2) is 4.98 Å². The highest BCUT2D eigenvalue weighted by atomic mass is 127. The Kier molecular flexibility index (Phi) is 5.84. The summed E-state index contributed by atoms with van der Waals surface area (Å²) in [6.07, 6.45) is -5.09. The fourth-order valence-corrected chi connectivity index (χ4v) is 1.85. The van der Waals surface area contributed by atoms with Crippen LogP contribution in [0.15, 0.2) is 6.07 Å². The first-order chi connectivity index (χ1) is 9.26. The molecule has 0 N–H and O–H groups in total. The summed E-state index contributed by atoms with van der Waals surface area (Å²) in [5.74, 6) is -1.03. The van der Waals surface area contributed by atoms with Crippen molar-refractivity contribution in [1.82, 2.24) is 4.98 Å². The number of esters is 1. The molecule has 0 aromatic carbocycles. The average molecular weight is 405 g/mol. The lowest BCUT2D eigenvalue weighted by Gasteiger charge is -2.13. The number of alkyl halides is 3. The first kappa shape index (κ1) is 16.8. The summed E-state index contributed by atoms with van der Waals surface area (Å²) in [4.78, 5) is 15.2. The normalized spacial score (nSPS) is 11.1. The molecule has 0 atom stereocenters. The number of pyridine rings is 1. The summed E-state index contributed by atoms with van der Waals surface area (Å²) in [5, 5.41) is 0. The summed E-state index contributed by atoms with van der Waals surface area (Å²) in [7, 11) is 1.30. The minimum absolute atomic E-state index is 0.0237. The number of hydrogen-bond acceptors (Lipinski definition) is 5. The molecule has 112 valence electrons. The van der Waals surface area contributed by atoms with E-state index in [0.29, 0.717) is 0 Å². The third kappa shape index (κ3) is 5.02. The molecule has 0 aliphatic heterocycles. The maximum absolute atomic E-state index is 12.2. The number of methoxy groups -OCH3 is 1. The molecule has 1 aromatic rings. The van der Waals surface area contributed by atoms with E-state index in [-0.39, 0.29) is 28.2 Å². The molecule has 20 heavy (non-hydrogen) atoms. The van der Waals surface area contributed by atoms with E-state index in [2.05, 4.69) is 9.72 Å². The molecule has 0 aliphatic carbocycles. The van der Waals surface area contributed by atoms with Crippen molar-refractivity contribution >= 4 is 28.6 Å². The van der Waals surface area contributed by atoms with Crippen molar-refractivity contribution in [2.24, 2.45) is 0 Å². The minimum Gasteiger partial charge on any atom is -0.481 e. The van der Waals surface area contributed by atoms with Gasteiger partial charge in [0.05, 0.1) is 20.1 Å². The van der Waals surface area contributed by atoms with Crippen LogP contribution in [0.3, 0.4) is 0 Å². The molecule has 1 aromatic heterocycles. The van der Waals surface area contributed by atoms with Crippen LogP contribution in [0, 0.1) is 3.70 Å². The van der Waals surface area contributed by atoms with Crippen molar-refractivity contribution in [1.29, 1.82) is 0 Å². The largest absolute Gasteiger partial charge is 0.573 e. The fourth-order valence-electron chi connectivity index (χ4n) is 1.36. The van der Waals surface area contributed by atoms with Gasteiger partial charge in [0, 0.05) is 5.56 Å². The van der Waals surface area contributed by atoms with Gasteiger partial charge in [-0.05, 0) is 35.6 Å². The van der Waals surface area contributed by atoms with Crippen molar-refractivity contribution in [2.45, 2.75) is 19.7 Å². The third-order valence-corrected chi connectivity index (χ3v) is 2.82. The number of halogens is 4. The lowest BCUT2D eigenvalue weighted by atomic mass is 10.2. The van der Waals surface area contributed by atoms with E-state index in [1.54, 1.807) is 29.5 Å². The van der Waals surface area contributed by atoms with Crippen molar-refractivity contribution in [3.63, 3.8) is 0 Å². The molecule has 0 saturated carbocycles. The van der Waals surface area contributed by atoms with Gasteiger partial charge in [0.2, 0.25) is 5.88 Å². The van der Waals surface area contributed by atoms with Crippen molar-refractivity contribution in [3.05, 3.63) is 15.3 Å². The second-order valence-electron chi connectivity index (χ2n) is 3.48. The molecule has 0 radical (unpaired) electrons. The van der Waals surface area contributed by atoms with Crippen LogP contribution in [-0.4, -0.2) is 31.0 Å². The number of ether oxygens (including phenoxy) is 3. The summed E-state index contributed by atoms with van der Waals surface area (Å²) in [6, 6.07) is 1.07. The maximum atomic E-state index is 12.2. The highest BCUT2D eigenvalue weighted by molar-refractivity contribution is 14.1. The topological polar surface area (TPSA) is 57.7 Å². The molecule has 0 unspecified atom stereocenters. The minimum atomic E-state index is -4.84. The van der Waals surface area contributed by atoms with Crippen LogP contribution in [0.1, 0.15) is 12.5 Å². The van der Waals surface area contributed by atoms with Gasteiger partial charge >= 0.3 is 12.3 Å². The second kappa shape index (κ2) is 6.95. The Morgan fingerprint density at radius 2 is 2.10 bits per heavy atom. The van der Waals surface area contributed by atoms with Gasteiger partial charge in [-0.3, -0.25) is 4.79 Å². The molecule has 0 spiro atoms. The number of carbonyl (C=O) groups is 1. The summed E-state index contributed by atoms with van der Waals surface area (Å²) < 4.78 is 50.2. The zero-order chi connectivity index (χ0) is 15.3. The molecule has 0 amide bonds. The van der Waals surface area contributed by atoms with Gasteiger partial charge in [-0.2, -0.15) is 0 Å². The van der Waals surface area contributed by atoms with E-state index in [9.17, 15) is 18.0 Å². The predicted molar refractivity (Wildman–Crippen MR) is 70.5 cm³/mol. The molecular formula is C11H11F3INO4. The van der Waals surface area contributed by atoms with Crippen molar-refractivity contribution < 1.29 is 32.2 Å². The average Bonchev–Trinajstić information content (AvgIpc) is 2.31. The van der Waals surface area contributed by atoms with Crippen LogP contribution in [0.2, 0.25) is 0 Å². The predicted octanol–water partition coefficient (Wildman–Crippen LogP) is 2.70. The van der Waals surface area contributed by atoms with E-state index in [1.807, 2.05) is 0 Å². The molecule has 0 aliphatic rings. The van der Waals surface area contributed by atoms with E-state index >= 15 is 0 Å². The second-order valence-corrected chi connectivity index (χ2v) is 4.50. The van der Waals surface area contributed by atoms with E-state index in [1.165, 1.54) is 7.11 Å². The Morgan fingerprint density at radius 3 is 2.60 bits per heavy atom. The molecule has 5 nitrogen and oxygen atoms in total. The Labute approximate surface area is 126 Å². The monoisotopic (exact) mass is 405 g/mol. The SMILES string of the molecule is CCOC(=O)Cc1cc(OC(F)(F)F)c(I)nc1OC. The van der Waals surface area contributed by atoms with Crippen molar-refractivity contribution in [3.8, 4) is 11.6 Å². The van der Waals surface area contributed by atoms with E-state index in [4.69, 9.17) is 9.47 Å². The van der Waals surface area contributed by atoms with Crippen LogP contribution in [0.25, 0.3) is 0 Å². The first-order valence-electron chi connectivity index (χ1n) is 5.41. The van der Waals surface area contributed by atoms with Gasteiger partial charge in [0.25, 0.3) is 0 Å². The summed E-state index contributed by atoms with van der Waals surface area (Å²) in [5.41, 5.74) is 0.158. The highest BCUT2D eigenvalue weighted by Gasteiger charge is 2.33. The molecule has 0 fully saturated rings. The smallest absolute Gasteiger partial charge is 0.481 e. The van der Waals surface area contributed by atoms with Crippen LogP contribution < -0.4 is 9.47 Å². The number of rotatable bonds is 5. The molecule has 9 heteroatoms. The van der Waals surface area contributed by atoms with E-state index < -0.39 is 18.1 Å². The molecule has 1 rings (SSSR count). The Balaban J connectivity index is 3.08. The Morgan fingerprint density at radius 1 is 1.45 bits per heavy atom. The molecule has 0 saturated heterocycles. The number of aromatic nitrogens is 1. The number of hydrogen-bond donors (Lipinski definition) is 0. The Bertz CT molecular complexity index is 493. The van der Waals surface area contributed by atoms with E-state index in [0.717, 1.165) is 6.07 Å². The van der Waals surface area contributed by atoms with Gasteiger partial charge in [0.15, 0.2) is 5.75 Å². The van der Waals surface area contributed by atoms with Gasteiger partial charge in [-0.15, -0.1) is 13.2 Å². The summed E-state index contributed by atoms with van der Waals surface area (Å²) in [6.45, 7) is 1.80. The molecular weight excluding hydrogens is 394 g/mol. The van der Waals surface area contributed by atoms with Gasteiger partial charge in [0.1, 0.15) is 3.70 Å². The molecule has 0 bridgehead atoms. The van der Waals surface area contributed by atoms with Crippen molar-refractivity contribution in [2.75, 3.05) is 13.7 Å². The lowest BCUT2D eigenvalue weighted by molar-refractivity contribution is -0.275. The van der Waals surface area contributed by atoms with Crippen LogP contribution in [0.4, 0.5) is 13.2 Å². The van der Waals surface area contributed by atoms with Crippen LogP contribution in [0.5, 0.6) is 11.6 Å². The number of carbonyl (C=O) groups excluding carboxylic acids is 1. The van der Waals surface area contributed by atoms with Crippen LogP contribution >= 0.6 is 22.6 Å². The standard InChI is InChI=1S/C11H11F3INO4/c1-3-19-8(17)5-6-4-7(20-11(12,13)14)9(15)16-10(6)18-2/h4H,3,5H2,1-2H3. The fraction of sp³-hybridized carbons (Fsp3) is 0.455. The highest BCUT2D eigenvalue weighted by Crippen LogP contribution is 2.31. The summed E-state index contributed by atoms with van der Waals surface area (Å²) >= 11 is 1.58. The zero-order valence-electron chi connectivity index (χ0n) is 10.6. The number of nitrogens with zero attached hydrogens (tertiary/aromatic N) is 1. The van der Waals surface area contributed by atoms with Crippen LogP contribution in [-0.2, 0) is 16.0 Å². The Hall–Kier alpha value is -1.26. The zero-order valence-corrected chi connectivity index (χ0v) is 12.7. The molecule has 1 heterocycles. The van der Waals surface area contributed by atoms with Gasteiger partial charge in [-0.1, -0.05) is 0 Å². The lowest BCUT2D eigenvalue weighted by Crippen LogP contribution is -2.19. The third-order valence-electron chi connectivity index (χ3n) is 2.04. The first-order valence-corrected chi connectivity index (χ1v) is 6.49. The van der Waals surface area contributed by atoms with Gasteiger partial charge < -0.3 is 14.2 Å². The maximum Gasteiger partial charge on any atom is 0.573 e.